The van der Waals surface area contributed by atoms with Gasteiger partial charge < -0.3 is 4.74 Å². The van der Waals surface area contributed by atoms with Gasteiger partial charge in [-0.25, -0.2) is 4.98 Å². The summed E-state index contributed by atoms with van der Waals surface area (Å²) in [6.07, 6.45) is 3.92. The molecule has 1 saturated carbocycles. The minimum absolute atomic E-state index is 0.250. The molecule has 0 radical (unpaired) electrons. The maximum atomic E-state index is 6.00. The van der Waals surface area contributed by atoms with Crippen molar-refractivity contribution < 1.29 is 4.74 Å². The summed E-state index contributed by atoms with van der Waals surface area (Å²) in [5.74, 6) is 2.49. The Balaban J connectivity index is 1.58. The van der Waals surface area contributed by atoms with Crippen LogP contribution in [0.5, 0.6) is 5.88 Å². The summed E-state index contributed by atoms with van der Waals surface area (Å²) < 4.78 is 9.45. The Morgan fingerprint density at radius 1 is 1.12 bits per heavy atom. The Morgan fingerprint density at radius 3 is 2.69 bits per heavy atom. The van der Waals surface area contributed by atoms with Gasteiger partial charge in [0.1, 0.15) is 6.33 Å². The van der Waals surface area contributed by atoms with Crippen LogP contribution in [-0.4, -0.2) is 34.6 Å². The van der Waals surface area contributed by atoms with Crippen molar-refractivity contribution >= 4 is 5.65 Å². The lowest BCUT2D eigenvalue weighted by Crippen LogP contribution is -2.06. The first-order valence-corrected chi connectivity index (χ1v) is 8.57. The second-order valence-corrected chi connectivity index (χ2v) is 6.45. The van der Waals surface area contributed by atoms with E-state index in [0.717, 1.165) is 35.4 Å². The van der Waals surface area contributed by atoms with Crippen LogP contribution in [0.4, 0.5) is 0 Å². The van der Waals surface area contributed by atoms with E-state index in [-0.39, 0.29) is 6.61 Å². The molecule has 1 fully saturated rings. The molecule has 130 valence electrons. The minimum Gasteiger partial charge on any atom is -0.468 e. The van der Waals surface area contributed by atoms with E-state index in [1.807, 2.05) is 43.4 Å². The molecule has 1 aromatic carbocycles. The Hall–Kier alpha value is -3.29. The number of fused-ring (bicyclic) bond motifs is 1. The van der Waals surface area contributed by atoms with E-state index in [1.54, 1.807) is 15.5 Å². The van der Waals surface area contributed by atoms with Gasteiger partial charge in [-0.05, 0) is 24.5 Å². The molecule has 0 bridgehead atoms. The molecule has 0 saturated heterocycles. The lowest BCUT2D eigenvalue weighted by Gasteiger charge is -2.10. The highest BCUT2D eigenvalue weighted by molar-refractivity contribution is 5.71. The molecule has 0 atom stereocenters. The molecule has 0 N–H and O–H groups in total. The van der Waals surface area contributed by atoms with Gasteiger partial charge in [0.15, 0.2) is 23.9 Å². The Morgan fingerprint density at radius 2 is 1.96 bits per heavy atom. The van der Waals surface area contributed by atoms with E-state index >= 15 is 0 Å². The Bertz CT molecular complexity index is 1070. The van der Waals surface area contributed by atoms with Crippen LogP contribution in [0.3, 0.4) is 0 Å². The maximum Gasteiger partial charge on any atom is 0.240 e. The molecule has 0 unspecified atom stereocenters. The van der Waals surface area contributed by atoms with Crippen LogP contribution in [0.25, 0.3) is 16.8 Å². The quantitative estimate of drug-likeness (QED) is 0.551. The molecule has 8 nitrogen and oxygen atoms in total. The molecule has 8 heteroatoms. The maximum absolute atomic E-state index is 6.00. The monoisotopic (exact) mass is 347 g/mol. The number of aryl methyl sites for hydroxylation is 1. The van der Waals surface area contributed by atoms with E-state index in [0.29, 0.717) is 17.6 Å². The number of hydrogen-bond donors (Lipinski definition) is 0. The van der Waals surface area contributed by atoms with Crippen molar-refractivity contribution in [2.75, 3.05) is 0 Å². The van der Waals surface area contributed by atoms with Gasteiger partial charge in [0.25, 0.3) is 0 Å². The highest BCUT2D eigenvalue weighted by atomic mass is 16.5. The van der Waals surface area contributed by atoms with Crippen LogP contribution in [0.1, 0.15) is 30.4 Å². The standard InChI is InChI=1S/C18H17N7O/c1-24-11-19-15(22-24)10-26-18-14(12-5-3-2-4-6-12)9-16-20-21-17(13-7-8-13)25(16)23-18/h2-6,9,11,13H,7-8,10H2,1H3. The van der Waals surface area contributed by atoms with Crippen molar-refractivity contribution in [3.05, 3.63) is 54.4 Å². The molecule has 3 heterocycles. The summed E-state index contributed by atoms with van der Waals surface area (Å²) >= 11 is 0. The van der Waals surface area contributed by atoms with Crippen molar-refractivity contribution in [2.24, 2.45) is 7.05 Å². The summed E-state index contributed by atoms with van der Waals surface area (Å²) in [6.45, 7) is 0.250. The van der Waals surface area contributed by atoms with Gasteiger partial charge in [0, 0.05) is 18.5 Å². The molecular weight excluding hydrogens is 330 g/mol. The predicted molar refractivity (Wildman–Crippen MR) is 93.5 cm³/mol. The largest absolute Gasteiger partial charge is 0.468 e. The zero-order chi connectivity index (χ0) is 17.5. The van der Waals surface area contributed by atoms with Gasteiger partial charge in [-0.3, -0.25) is 4.68 Å². The van der Waals surface area contributed by atoms with Gasteiger partial charge in [0.05, 0.1) is 0 Å². The lowest BCUT2D eigenvalue weighted by atomic mass is 10.1. The van der Waals surface area contributed by atoms with Gasteiger partial charge in [-0.15, -0.1) is 15.3 Å². The lowest BCUT2D eigenvalue weighted by molar-refractivity contribution is 0.280. The molecule has 26 heavy (non-hydrogen) atoms. The summed E-state index contributed by atoms with van der Waals surface area (Å²) in [5, 5.41) is 17.6. The third-order valence-electron chi connectivity index (χ3n) is 4.40. The van der Waals surface area contributed by atoms with E-state index in [4.69, 9.17) is 9.84 Å². The first-order chi connectivity index (χ1) is 12.8. The number of hydrogen-bond acceptors (Lipinski definition) is 6. The van der Waals surface area contributed by atoms with Crippen molar-refractivity contribution in [1.29, 1.82) is 0 Å². The number of ether oxygens (including phenoxy) is 1. The SMILES string of the molecule is Cn1cnc(COc2nn3c(C4CC4)nnc3cc2-c2ccccc2)n1. The van der Waals surface area contributed by atoms with Crippen molar-refractivity contribution in [2.45, 2.75) is 25.4 Å². The molecule has 1 aliphatic rings. The fraction of sp³-hybridized carbons (Fsp3) is 0.278. The second kappa shape index (κ2) is 5.91. The average molecular weight is 347 g/mol. The van der Waals surface area contributed by atoms with Gasteiger partial charge in [0.2, 0.25) is 5.88 Å². The van der Waals surface area contributed by atoms with Crippen molar-refractivity contribution in [1.82, 2.24) is 34.6 Å². The molecule has 3 aromatic heterocycles. The first kappa shape index (κ1) is 15.0. The average Bonchev–Trinajstić information content (AvgIpc) is 3.30. The van der Waals surface area contributed by atoms with E-state index in [1.165, 1.54) is 0 Å². The van der Waals surface area contributed by atoms with Gasteiger partial charge in [-0.2, -0.15) is 9.61 Å². The summed E-state index contributed by atoms with van der Waals surface area (Å²) in [6, 6.07) is 12.0. The number of aromatic nitrogens is 7. The van der Waals surface area contributed by atoms with Crippen molar-refractivity contribution in [3.8, 4) is 17.0 Å². The molecule has 0 aliphatic heterocycles. The summed E-state index contributed by atoms with van der Waals surface area (Å²) in [4.78, 5) is 4.21. The van der Waals surface area contributed by atoms with Crippen LogP contribution >= 0.6 is 0 Å². The highest BCUT2D eigenvalue weighted by Gasteiger charge is 2.30. The molecule has 4 aromatic rings. The fourth-order valence-corrected chi connectivity index (χ4v) is 2.94. The Labute approximate surface area is 149 Å². The third-order valence-corrected chi connectivity index (χ3v) is 4.40. The molecule has 0 spiro atoms. The third kappa shape index (κ3) is 2.69. The summed E-state index contributed by atoms with van der Waals surface area (Å²) in [7, 11) is 1.83. The smallest absolute Gasteiger partial charge is 0.240 e. The van der Waals surface area contributed by atoms with Crippen LogP contribution < -0.4 is 4.74 Å². The van der Waals surface area contributed by atoms with Crippen LogP contribution in [0, 0.1) is 0 Å². The first-order valence-electron chi connectivity index (χ1n) is 8.57. The van der Waals surface area contributed by atoms with Gasteiger partial charge in [-0.1, -0.05) is 30.3 Å². The zero-order valence-corrected chi connectivity index (χ0v) is 14.3. The van der Waals surface area contributed by atoms with Crippen molar-refractivity contribution in [3.63, 3.8) is 0 Å². The van der Waals surface area contributed by atoms with E-state index < -0.39 is 0 Å². The highest BCUT2D eigenvalue weighted by Crippen LogP contribution is 2.39. The zero-order valence-electron chi connectivity index (χ0n) is 14.3. The molecule has 0 amide bonds. The molecular formula is C18H17N7O. The molecule has 5 rings (SSSR count). The van der Waals surface area contributed by atoms with E-state index in [2.05, 4.69) is 20.3 Å². The predicted octanol–water partition coefficient (Wildman–Crippen LogP) is 2.38. The van der Waals surface area contributed by atoms with Crippen LogP contribution in [0.2, 0.25) is 0 Å². The number of benzene rings is 1. The topological polar surface area (TPSA) is 83.0 Å². The molecule has 1 aliphatic carbocycles. The fourth-order valence-electron chi connectivity index (χ4n) is 2.94. The number of nitrogens with zero attached hydrogens (tertiary/aromatic N) is 7. The van der Waals surface area contributed by atoms with E-state index in [9.17, 15) is 0 Å². The number of rotatable bonds is 5. The van der Waals surface area contributed by atoms with Crippen LogP contribution in [-0.2, 0) is 13.7 Å². The summed E-state index contributed by atoms with van der Waals surface area (Å²) in [5.41, 5.74) is 2.63. The van der Waals surface area contributed by atoms with Gasteiger partial charge >= 0.3 is 0 Å². The second-order valence-electron chi connectivity index (χ2n) is 6.45. The van der Waals surface area contributed by atoms with Crippen LogP contribution in [0.15, 0.2) is 42.7 Å². The minimum atomic E-state index is 0.250. The normalized spacial score (nSPS) is 14.0. The Kier molecular flexibility index (Phi) is 3.41.